The molecule has 1 N–H and O–H groups in total. The fourth-order valence-corrected chi connectivity index (χ4v) is 6.27. The van der Waals surface area contributed by atoms with E-state index in [-0.39, 0.29) is 24.5 Å². The largest absolute Gasteiger partial charge is 0.459 e. The molecule has 1 unspecified atom stereocenters. The van der Waals surface area contributed by atoms with Gasteiger partial charge in [-0.2, -0.15) is 0 Å². The Balaban J connectivity index is 1.36. The van der Waals surface area contributed by atoms with Crippen LogP contribution in [0.2, 0.25) is 0 Å². The van der Waals surface area contributed by atoms with Gasteiger partial charge in [0.2, 0.25) is 0 Å². The number of ether oxygens (including phenoxy) is 1. The van der Waals surface area contributed by atoms with E-state index in [9.17, 15) is 9.90 Å². The molecule has 7 nitrogen and oxygen atoms in total. The van der Waals surface area contributed by atoms with E-state index in [1.165, 1.54) is 44.9 Å². The predicted octanol–water partition coefficient (Wildman–Crippen LogP) is 5.47. The number of carbonyl (C=O) groups is 1. The van der Waals surface area contributed by atoms with Gasteiger partial charge in [-0.25, -0.2) is 4.98 Å². The minimum absolute atomic E-state index is 0.104. The molecule has 2 aromatic rings. The summed E-state index contributed by atoms with van der Waals surface area (Å²) in [6.45, 7) is 5.93. The van der Waals surface area contributed by atoms with E-state index in [4.69, 9.17) is 9.15 Å². The first-order chi connectivity index (χ1) is 18.0. The summed E-state index contributed by atoms with van der Waals surface area (Å²) in [6.07, 6.45) is 15.3. The Morgan fingerprint density at radius 3 is 2.62 bits per heavy atom. The minimum Gasteiger partial charge on any atom is -0.459 e. The highest BCUT2D eigenvalue weighted by molar-refractivity contribution is 6.04. The van der Waals surface area contributed by atoms with Crippen LogP contribution in [0, 0.1) is 18.3 Å². The number of pyridine rings is 1. The van der Waals surface area contributed by atoms with Crippen LogP contribution in [0.1, 0.15) is 80.3 Å². The molecular formula is C30H45N3O4. The summed E-state index contributed by atoms with van der Waals surface area (Å²) in [7, 11) is 1.72. The third-order valence-corrected chi connectivity index (χ3v) is 8.63. The van der Waals surface area contributed by atoms with Crippen molar-refractivity contribution in [2.45, 2.75) is 77.2 Å². The highest BCUT2D eigenvalue weighted by Gasteiger charge is 2.35. The molecule has 204 valence electrons. The van der Waals surface area contributed by atoms with Gasteiger partial charge in [0.25, 0.3) is 5.91 Å². The van der Waals surface area contributed by atoms with E-state index >= 15 is 0 Å². The maximum atomic E-state index is 13.4. The Morgan fingerprint density at radius 1 is 1.22 bits per heavy atom. The lowest BCUT2D eigenvalue weighted by molar-refractivity contribution is 0.0725. The molecule has 2 fully saturated rings. The summed E-state index contributed by atoms with van der Waals surface area (Å²) in [6, 6.07) is 7.55. The molecule has 1 aliphatic heterocycles. The summed E-state index contributed by atoms with van der Waals surface area (Å²) >= 11 is 0. The number of nitrogens with zero attached hydrogens (tertiary/aromatic N) is 3. The van der Waals surface area contributed by atoms with Gasteiger partial charge in [-0.1, -0.05) is 25.3 Å². The molecule has 2 aromatic heterocycles. The number of amides is 1. The zero-order valence-corrected chi connectivity index (χ0v) is 22.7. The first-order valence-corrected chi connectivity index (χ1v) is 14.2. The second-order valence-corrected chi connectivity index (χ2v) is 11.3. The highest BCUT2D eigenvalue weighted by atomic mass is 16.5. The van der Waals surface area contributed by atoms with Crippen LogP contribution in [0.5, 0.6) is 0 Å². The summed E-state index contributed by atoms with van der Waals surface area (Å²) in [5.74, 6) is 1.18. The Kier molecular flexibility index (Phi) is 10.2. The number of likely N-dealkylation sites (tertiary alicyclic amines) is 1. The Bertz CT molecular complexity index is 932. The Labute approximate surface area is 222 Å². The Morgan fingerprint density at radius 2 is 2.00 bits per heavy atom. The van der Waals surface area contributed by atoms with E-state index in [1.807, 2.05) is 30.2 Å². The van der Waals surface area contributed by atoms with E-state index in [1.54, 1.807) is 25.5 Å². The summed E-state index contributed by atoms with van der Waals surface area (Å²) in [4.78, 5) is 22.4. The summed E-state index contributed by atoms with van der Waals surface area (Å²) in [5.41, 5.74) is 1.47. The van der Waals surface area contributed by atoms with Gasteiger partial charge in [0.1, 0.15) is 5.82 Å². The molecule has 1 saturated carbocycles. The second kappa shape index (κ2) is 13.5. The summed E-state index contributed by atoms with van der Waals surface area (Å²) in [5, 5.41) is 9.74. The topological polar surface area (TPSA) is 79.0 Å². The van der Waals surface area contributed by atoms with Crippen molar-refractivity contribution in [2.75, 3.05) is 44.9 Å². The van der Waals surface area contributed by atoms with Gasteiger partial charge in [-0.15, -0.1) is 0 Å². The molecule has 1 saturated heterocycles. The van der Waals surface area contributed by atoms with Crippen molar-refractivity contribution in [3.63, 3.8) is 0 Å². The van der Waals surface area contributed by atoms with Crippen molar-refractivity contribution < 1.29 is 19.1 Å². The van der Waals surface area contributed by atoms with Crippen molar-refractivity contribution in [3.8, 4) is 0 Å². The van der Waals surface area contributed by atoms with Crippen LogP contribution in [0.25, 0.3) is 0 Å². The highest BCUT2D eigenvalue weighted by Crippen LogP contribution is 2.44. The Hall–Kier alpha value is -2.22. The summed E-state index contributed by atoms with van der Waals surface area (Å²) < 4.78 is 10.8. The number of piperidine rings is 1. The molecular weight excluding hydrogens is 466 g/mol. The number of aliphatic hydroxyl groups is 1. The number of hydrogen-bond donors (Lipinski definition) is 1. The number of aryl methyl sites for hydroxylation is 1. The van der Waals surface area contributed by atoms with Gasteiger partial charge >= 0.3 is 0 Å². The van der Waals surface area contributed by atoms with Gasteiger partial charge in [0, 0.05) is 45.0 Å². The third-order valence-electron chi connectivity index (χ3n) is 8.63. The van der Waals surface area contributed by atoms with Gasteiger partial charge in [0.15, 0.2) is 5.76 Å². The van der Waals surface area contributed by atoms with Crippen LogP contribution in [-0.2, 0) is 4.74 Å². The van der Waals surface area contributed by atoms with Crippen molar-refractivity contribution in [2.24, 2.45) is 11.3 Å². The lowest BCUT2D eigenvalue weighted by Gasteiger charge is -2.42. The zero-order valence-electron chi connectivity index (χ0n) is 22.7. The average Bonchev–Trinajstić information content (AvgIpc) is 3.48. The standard InChI is InChI=1S/C30H45N3O4/c1-24-8-9-28(31-21-24)33(29(35)27-7-6-20-37-27)26-11-17-32(18-12-26)19-16-30(13-4-3-5-14-30)15-10-25(22-34)23-36-2/h6-9,20-21,25-26,34H,3-5,10-19,22-23H2,1-2H3. The van der Waals surface area contributed by atoms with Gasteiger partial charge < -0.3 is 19.2 Å². The second-order valence-electron chi connectivity index (χ2n) is 11.3. The maximum Gasteiger partial charge on any atom is 0.295 e. The molecule has 2 aliphatic rings. The molecule has 3 heterocycles. The number of methoxy groups -OCH3 is 1. The molecule has 7 heteroatoms. The van der Waals surface area contributed by atoms with Gasteiger partial charge in [-0.3, -0.25) is 9.69 Å². The van der Waals surface area contributed by atoms with Crippen molar-refractivity contribution in [1.29, 1.82) is 0 Å². The van der Waals surface area contributed by atoms with Gasteiger partial charge in [0.05, 0.1) is 12.9 Å². The third kappa shape index (κ3) is 7.43. The van der Waals surface area contributed by atoms with Crippen LogP contribution >= 0.6 is 0 Å². The van der Waals surface area contributed by atoms with E-state index in [0.717, 1.165) is 44.5 Å². The fourth-order valence-electron chi connectivity index (χ4n) is 6.27. The number of anilines is 1. The quantitative estimate of drug-likeness (QED) is 0.407. The lowest BCUT2D eigenvalue weighted by Crippen LogP contribution is -2.48. The van der Waals surface area contributed by atoms with E-state index in [0.29, 0.717) is 23.6 Å². The monoisotopic (exact) mass is 511 g/mol. The van der Waals surface area contributed by atoms with Crippen LogP contribution in [0.15, 0.2) is 41.1 Å². The predicted molar refractivity (Wildman–Crippen MR) is 146 cm³/mol. The first-order valence-electron chi connectivity index (χ1n) is 14.2. The lowest BCUT2D eigenvalue weighted by atomic mass is 9.68. The maximum absolute atomic E-state index is 13.4. The van der Waals surface area contributed by atoms with E-state index in [2.05, 4.69) is 9.88 Å². The number of aromatic nitrogens is 1. The molecule has 37 heavy (non-hydrogen) atoms. The number of aliphatic hydroxyl groups excluding tert-OH is 1. The van der Waals surface area contributed by atoms with Crippen LogP contribution < -0.4 is 4.90 Å². The molecule has 4 rings (SSSR count). The van der Waals surface area contributed by atoms with Crippen LogP contribution in [0.4, 0.5) is 5.82 Å². The molecule has 0 bridgehead atoms. The van der Waals surface area contributed by atoms with Gasteiger partial charge in [-0.05, 0) is 87.6 Å². The fraction of sp³-hybridized carbons (Fsp3) is 0.667. The van der Waals surface area contributed by atoms with Crippen molar-refractivity contribution in [3.05, 3.63) is 48.0 Å². The van der Waals surface area contributed by atoms with Crippen molar-refractivity contribution in [1.82, 2.24) is 9.88 Å². The molecule has 1 atom stereocenters. The zero-order chi connectivity index (χ0) is 26.1. The SMILES string of the molecule is COCC(CO)CCC1(CCN2CCC(N(C(=O)c3ccco3)c3ccc(C)cn3)CC2)CCCCC1. The number of carbonyl (C=O) groups excluding carboxylic acids is 1. The average molecular weight is 512 g/mol. The van der Waals surface area contributed by atoms with Crippen LogP contribution in [0.3, 0.4) is 0 Å². The number of rotatable bonds is 12. The number of hydrogen-bond acceptors (Lipinski definition) is 6. The molecule has 1 aliphatic carbocycles. The molecule has 1 amide bonds. The van der Waals surface area contributed by atoms with Crippen molar-refractivity contribution >= 4 is 11.7 Å². The normalized spacial score (nSPS) is 19.5. The minimum atomic E-state index is -0.115. The first kappa shape index (κ1) is 27.8. The molecule has 0 spiro atoms. The molecule has 0 aromatic carbocycles. The smallest absolute Gasteiger partial charge is 0.295 e. The molecule has 0 radical (unpaired) electrons. The van der Waals surface area contributed by atoms with E-state index < -0.39 is 0 Å². The van der Waals surface area contributed by atoms with Crippen LogP contribution in [-0.4, -0.2) is 66.9 Å². The number of furan rings is 1.